The molecule has 0 saturated heterocycles. The molecule has 3 rings (SSSR count). The van der Waals surface area contributed by atoms with E-state index in [9.17, 15) is 22.7 Å². The number of aryl methyl sites for hydroxylation is 1. The summed E-state index contributed by atoms with van der Waals surface area (Å²) in [7, 11) is -1.10. The molecule has 172 valence electrons. The maximum absolute atomic E-state index is 14.9. The van der Waals surface area contributed by atoms with Crippen molar-refractivity contribution in [3.63, 3.8) is 0 Å². The quantitative estimate of drug-likeness (QED) is 0.581. The summed E-state index contributed by atoms with van der Waals surface area (Å²) in [5.41, 5.74) is -1.88. The van der Waals surface area contributed by atoms with Crippen LogP contribution in [0, 0.1) is 6.92 Å². The number of nitrogens with zero attached hydrogens (tertiary/aromatic N) is 3. The Morgan fingerprint density at radius 2 is 2.00 bits per heavy atom. The fourth-order valence-corrected chi connectivity index (χ4v) is 3.81. The van der Waals surface area contributed by atoms with E-state index >= 15 is 0 Å². The first-order valence-corrected chi connectivity index (χ1v) is 11.0. The molecule has 0 spiro atoms. The molecule has 32 heavy (non-hydrogen) atoms. The molecule has 0 unspecified atom stereocenters. The monoisotopic (exact) mass is 465 g/mol. The van der Waals surface area contributed by atoms with Crippen molar-refractivity contribution in [3.05, 3.63) is 47.4 Å². The summed E-state index contributed by atoms with van der Waals surface area (Å²) in [6, 6.07) is 6.37. The molecular weight excluding hydrogens is 441 g/mol. The van der Waals surface area contributed by atoms with Crippen LogP contribution >= 0.6 is 0 Å². The largest absolute Gasteiger partial charge is 0.505 e. The van der Waals surface area contributed by atoms with Crippen molar-refractivity contribution in [3.8, 4) is 5.75 Å². The summed E-state index contributed by atoms with van der Waals surface area (Å²) in [4.78, 5) is 17.8. The number of para-hydroxylation sites is 1. The SMILES string of the molecule is Cc1ccc([C@H](N=C2NS(=O)(=O)N=C2Nc2cccc(C(=O)N(C)C)c2O)C(C)(C)F)o1. The van der Waals surface area contributed by atoms with Gasteiger partial charge in [0, 0.05) is 14.1 Å². The van der Waals surface area contributed by atoms with Crippen LogP contribution in [0.3, 0.4) is 0 Å². The number of furan rings is 1. The lowest BCUT2D eigenvalue weighted by molar-refractivity contribution is 0.0824. The van der Waals surface area contributed by atoms with Crippen LogP contribution in [0.25, 0.3) is 0 Å². The van der Waals surface area contributed by atoms with Gasteiger partial charge in [0.2, 0.25) is 0 Å². The van der Waals surface area contributed by atoms with Gasteiger partial charge in [0.05, 0.1) is 11.3 Å². The molecule has 0 bridgehead atoms. The number of halogens is 1. The number of nitrogens with one attached hydrogen (secondary N) is 2. The van der Waals surface area contributed by atoms with Crippen LogP contribution in [0.5, 0.6) is 5.75 Å². The molecule has 0 aliphatic carbocycles. The summed E-state index contributed by atoms with van der Waals surface area (Å²) in [5, 5.41) is 13.2. The van der Waals surface area contributed by atoms with Crippen molar-refractivity contribution < 1.29 is 27.1 Å². The van der Waals surface area contributed by atoms with Gasteiger partial charge in [0.1, 0.15) is 23.2 Å². The van der Waals surface area contributed by atoms with Crippen molar-refractivity contribution >= 4 is 33.5 Å². The number of phenols is 1. The highest BCUT2D eigenvalue weighted by atomic mass is 32.2. The van der Waals surface area contributed by atoms with E-state index in [1.165, 1.54) is 51.0 Å². The molecule has 1 aromatic carbocycles. The Kier molecular flexibility index (Phi) is 6.00. The first-order chi connectivity index (χ1) is 14.8. The Morgan fingerprint density at radius 3 is 2.56 bits per heavy atom. The van der Waals surface area contributed by atoms with Crippen LogP contribution < -0.4 is 10.0 Å². The third-order valence-electron chi connectivity index (χ3n) is 4.53. The molecule has 12 heteroatoms. The minimum absolute atomic E-state index is 0.00160. The van der Waals surface area contributed by atoms with E-state index in [1.807, 2.05) is 0 Å². The molecule has 0 radical (unpaired) electrons. The van der Waals surface area contributed by atoms with Gasteiger partial charge in [-0.25, -0.2) is 14.1 Å². The van der Waals surface area contributed by atoms with E-state index in [0.29, 0.717) is 5.76 Å². The Morgan fingerprint density at radius 1 is 1.31 bits per heavy atom. The molecule has 1 amide bonds. The van der Waals surface area contributed by atoms with Crippen LogP contribution in [0.15, 0.2) is 44.1 Å². The van der Waals surface area contributed by atoms with Gasteiger partial charge in [-0.05, 0) is 45.0 Å². The highest BCUT2D eigenvalue weighted by Gasteiger charge is 2.36. The van der Waals surface area contributed by atoms with E-state index in [-0.39, 0.29) is 28.7 Å². The zero-order valence-corrected chi connectivity index (χ0v) is 19.0. The normalized spacial score (nSPS) is 17.6. The van der Waals surface area contributed by atoms with Gasteiger partial charge >= 0.3 is 10.2 Å². The zero-order chi connectivity index (χ0) is 23.8. The molecule has 1 aliphatic rings. The maximum atomic E-state index is 14.9. The van der Waals surface area contributed by atoms with Crippen LogP contribution in [0.2, 0.25) is 0 Å². The summed E-state index contributed by atoms with van der Waals surface area (Å²) >= 11 is 0. The third-order valence-corrected chi connectivity index (χ3v) is 5.40. The first-order valence-electron chi connectivity index (χ1n) is 9.55. The van der Waals surface area contributed by atoms with Crippen LogP contribution in [-0.2, 0) is 10.2 Å². The van der Waals surface area contributed by atoms with Gasteiger partial charge in [-0.1, -0.05) is 6.07 Å². The van der Waals surface area contributed by atoms with Crippen molar-refractivity contribution in [1.82, 2.24) is 9.62 Å². The Balaban J connectivity index is 2.02. The molecular formula is C20H24FN5O5S. The molecule has 1 aliphatic heterocycles. The second-order valence-electron chi connectivity index (χ2n) is 7.94. The van der Waals surface area contributed by atoms with Gasteiger partial charge in [-0.15, -0.1) is 4.40 Å². The standard InChI is InChI=1S/C20H24FN5O5S/c1-11-9-10-14(31-11)16(20(2,3)21)23-18-17(24-32(29,30)25-18)22-13-8-6-7-12(15(13)27)19(28)26(4)5/h6-10,16,27H,1-5H3,(H,22,24)(H,23,25)/t16-/m0/s1. The lowest BCUT2D eigenvalue weighted by Crippen LogP contribution is -2.33. The van der Waals surface area contributed by atoms with Crippen molar-refractivity contribution in [2.45, 2.75) is 32.5 Å². The Hall–Kier alpha value is -3.41. The van der Waals surface area contributed by atoms with E-state index in [0.717, 1.165) is 0 Å². The number of anilines is 1. The highest BCUT2D eigenvalue weighted by molar-refractivity contribution is 7.89. The van der Waals surface area contributed by atoms with Gasteiger partial charge in [-0.3, -0.25) is 4.79 Å². The smallest absolute Gasteiger partial charge is 0.345 e. The van der Waals surface area contributed by atoms with E-state index in [4.69, 9.17) is 4.42 Å². The van der Waals surface area contributed by atoms with Crippen molar-refractivity contribution in [2.24, 2.45) is 9.39 Å². The fraction of sp³-hybridized carbons (Fsp3) is 0.350. The Bertz CT molecular complexity index is 1210. The molecule has 10 nitrogen and oxygen atoms in total. The first kappa shape index (κ1) is 23.3. The number of alkyl halides is 1. The summed E-state index contributed by atoms with van der Waals surface area (Å²) in [5.74, 6) is -0.644. The number of benzene rings is 1. The number of amides is 1. The molecule has 0 fully saturated rings. The van der Waals surface area contributed by atoms with Crippen LogP contribution in [0.1, 0.15) is 41.8 Å². The summed E-state index contributed by atoms with van der Waals surface area (Å²) in [6.45, 7) is 4.27. The van der Waals surface area contributed by atoms with E-state index in [1.54, 1.807) is 19.1 Å². The molecule has 1 atom stereocenters. The lowest BCUT2D eigenvalue weighted by atomic mass is 9.99. The average molecular weight is 466 g/mol. The predicted molar refractivity (Wildman–Crippen MR) is 118 cm³/mol. The van der Waals surface area contributed by atoms with E-state index in [2.05, 4.69) is 19.4 Å². The third kappa shape index (κ3) is 4.90. The number of hydrogen-bond donors (Lipinski definition) is 3. The minimum Gasteiger partial charge on any atom is -0.505 e. The molecule has 3 N–H and O–H groups in total. The topological polar surface area (TPSA) is 137 Å². The molecule has 2 aromatic rings. The lowest BCUT2D eigenvalue weighted by Gasteiger charge is -2.22. The maximum Gasteiger partial charge on any atom is 0.345 e. The zero-order valence-electron chi connectivity index (χ0n) is 18.2. The number of hydrogen-bond acceptors (Lipinski definition) is 7. The minimum atomic E-state index is -4.15. The number of phenolic OH excluding ortho intramolecular Hbond substituents is 1. The average Bonchev–Trinajstić information content (AvgIpc) is 3.21. The fourth-order valence-electron chi connectivity index (χ4n) is 3.00. The number of amidine groups is 2. The van der Waals surface area contributed by atoms with E-state index < -0.39 is 33.6 Å². The number of aromatic hydroxyl groups is 1. The van der Waals surface area contributed by atoms with Crippen LogP contribution in [0.4, 0.5) is 10.1 Å². The van der Waals surface area contributed by atoms with Crippen molar-refractivity contribution in [2.75, 3.05) is 19.4 Å². The molecule has 2 heterocycles. The summed E-state index contributed by atoms with van der Waals surface area (Å²) < 4.78 is 50.4. The van der Waals surface area contributed by atoms with Gasteiger partial charge in [0.25, 0.3) is 5.91 Å². The predicted octanol–water partition coefficient (Wildman–Crippen LogP) is 2.54. The van der Waals surface area contributed by atoms with Crippen molar-refractivity contribution in [1.29, 1.82) is 0 Å². The number of carbonyl (C=O) groups excluding carboxylic acids is 1. The highest BCUT2D eigenvalue weighted by Crippen LogP contribution is 2.34. The second kappa shape index (κ2) is 8.26. The molecule has 0 saturated carbocycles. The van der Waals surface area contributed by atoms with Gasteiger partial charge in [-0.2, -0.15) is 8.42 Å². The Labute approximate surface area is 185 Å². The second-order valence-corrected chi connectivity index (χ2v) is 9.27. The van der Waals surface area contributed by atoms with Crippen LogP contribution in [-0.4, -0.2) is 55.8 Å². The van der Waals surface area contributed by atoms with Gasteiger partial charge in [0.15, 0.2) is 17.4 Å². The molecule has 1 aromatic heterocycles. The van der Waals surface area contributed by atoms with Gasteiger partial charge < -0.3 is 19.7 Å². The number of rotatable bonds is 5. The summed E-state index contributed by atoms with van der Waals surface area (Å²) in [6.07, 6.45) is 0. The number of aliphatic imine (C=N–C) groups is 1. The number of carbonyl (C=O) groups is 1.